The predicted molar refractivity (Wildman–Crippen MR) is 97.6 cm³/mol. The second-order valence-electron chi connectivity index (χ2n) is 6.61. The van der Waals surface area contributed by atoms with E-state index in [9.17, 15) is 18.5 Å². The van der Waals surface area contributed by atoms with Crippen molar-refractivity contribution in [2.24, 2.45) is 0 Å². The van der Waals surface area contributed by atoms with Gasteiger partial charge in [-0.3, -0.25) is 10.1 Å². The largest absolute Gasteiger partial charge is 0.350 e. The molecule has 0 amide bonds. The second kappa shape index (κ2) is 7.11. The van der Waals surface area contributed by atoms with Gasteiger partial charge in [0.1, 0.15) is 5.69 Å². The summed E-state index contributed by atoms with van der Waals surface area (Å²) in [6.45, 7) is 5.03. The molecule has 9 heteroatoms. The van der Waals surface area contributed by atoms with Crippen LogP contribution in [0, 0.1) is 21.4 Å². The molecule has 2 rings (SSSR count). The third-order valence-electron chi connectivity index (χ3n) is 3.19. The minimum atomic E-state index is -3.90. The summed E-state index contributed by atoms with van der Waals surface area (Å²) in [6.07, 6.45) is 0. The monoisotopic (exact) mass is 374 g/mol. The molecule has 0 aliphatic carbocycles. The van der Waals surface area contributed by atoms with Crippen molar-refractivity contribution in [3.63, 3.8) is 0 Å². The fourth-order valence-electron chi connectivity index (χ4n) is 2.22. The molecule has 0 spiro atoms. The van der Waals surface area contributed by atoms with Crippen molar-refractivity contribution in [2.45, 2.75) is 31.2 Å². The number of sulfonamides is 1. The number of nitrogens with zero attached hydrogens (tertiary/aromatic N) is 2. The lowest BCUT2D eigenvalue weighted by Crippen LogP contribution is -2.40. The van der Waals surface area contributed by atoms with E-state index in [4.69, 9.17) is 5.26 Å². The molecule has 136 valence electrons. The fraction of sp³-hybridized carbons (Fsp3) is 0.235. The van der Waals surface area contributed by atoms with Gasteiger partial charge in [0.25, 0.3) is 5.69 Å². The number of hydrogen-bond acceptors (Lipinski definition) is 6. The van der Waals surface area contributed by atoms with Crippen molar-refractivity contribution in [3.05, 3.63) is 58.1 Å². The van der Waals surface area contributed by atoms with E-state index in [0.29, 0.717) is 11.3 Å². The van der Waals surface area contributed by atoms with Crippen LogP contribution in [0.2, 0.25) is 0 Å². The first-order valence-corrected chi connectivity index (χ1v) is 9.10. The van der Waals surface area contributed by atoms with Crippen LogP contribution in [0.1, 0.15) is 26.3 Å². The maximum absolute atomic E-state index is 12.4. The first kappa shape index (κ1) is 19.4. The van der Waals surface area contributed by atoms with E-state index in [1.165, 1.54) is 18.2 Å². The van der Waals surface area contributed by atoms with E-state index in [2.05, 4.69) is 10.0 Å². The number of nitriles is 1. The zero-order chi connectivity index (χ0) is 19.5. The number of nitrogens with one attached hydrogen (secondary N) is 2. The Bertz CT molecular complexity index is 989. The highest BCUT2D eigenvalue weighted by molar-refractivity contribution is 7.89. The lowest BCUT2D eigenvalue weighted by Gasteiger charge is -2.20. The summed E-state index contributed by atoms with van der Waals surface area (Å²) < 4.78 is 27.2. The third-order valence-corrected chi connectivity index (χ3v) is 4.94. The van der Waals surface area contributed by atoms with Gasteiger partial charge in [0.2, 0.25) is 10.0 Å². The Morgan fingerprint density at radius 2 is 1.85 bits per heavy atom. The average molecular weight is 374 g/mol. The van der Waals surface area contributed by atoms with E-state index < -0.39 is 20.5 Å². The Morgan fingerprint density at radius 1 is 1.15 bits per heavy atom. The minimum absolute atomic E-state index is 0.125. The van der Waals surface area contributed by atoms with Gasteiger partial charge in [0, 0.05) is 17.3 Å². The predicted octanol–water partition coefficient (Wildman–Crippen LogP) is 3.29. The zero-order valence-corrected chi connectivity index (χ0v) is 15.3. The Labute approximate surface area is 151 Å². The third kappa shape index (κ3) is 4.78. The van der Waals surface area contributed by atoms with Gasteiger partial charge >= 0.3 is 0 Å². The molecule has 0 unspecified atom stereocenters. The highest BCUT2D eigenvalue weighted by Gasteiger charge is 2.25. The molecule has 0 aliphatic rings. The maximum Gasteiger partial charge on any atom is 0.294 e. The first-order valence-electron chi connectivity index (χ1n) is 7.61. The molecule has 8 nitrogen and oxygen atoms in total. The smallest absolute Gasteiger partial charge is 0.294 e. The molecule has 26 heavy (non-hydrogen) atoms. The quantitative estimate of drug-likeness (QED) is 0.611. The van der Waals surface area contributed by atoms with Crippen molar-refractivity contribution in [2.75, 3.05) is 5.32 Å². The summed E-state index contributed by atoms with van der Waals surface area (Å²) in [5, 5.41) is 23.2. The molecule has 2 aromatic carbocycles. The SMILES string of the molecule is CC(C)(C)NS(=O)(=O)c1ccc(Nc2cccc(C#N)c2)c([N+](=O)[O-])c1. The lowest BCUT2D eigenvalue weighted by molar-refractivity contribution is -0.384. The van der Waals surface area contributed by atoms with Crippen LogP contribution in [0.3, 0.4) is 0 Å². The van der Waals surface area contributed by atoms with Gasteiger partial charge in [-0.2, -0.15) is 5.26 Å². The summed E-state index contributed by atoms with van der Waals surface area (Å²) in [5.41, 5.74) is -0.104. The van der Waals surface area contributed by atoms with Crippen LogP contribution in [-0.2, 0) is 10.0 Å². The molecular formula is C17H18N4O4S. The standard InChI is InChI=1S/C17H18N4O4S/c1-17(2,3)20-26(24,25)14-7-8-15(16(10-14)21(22)23)19-13-6-4-5-12(9-13)11-18/h4-10,19-20H,1-3H3. The number of benzene rings is 2. The van der Waals surface area contributed by atoms with Gasteiger partial charge in [-0.25, -0.2) is 13.1 Å². The Morgan fingerprint density at radius 3 is 2.42 bits per heavy atom. The van der Waals surface area contributed by atoms with E-state index in [1.807, 2.05) is 6.07 Å². The van der Waals surface area contributed by atoms with Crippen molar-refractivity contribution in [1.29, 1.82) is 5.26 Å². The van der Waals surface area contributed by atoms with Crippen molar-refractivity contribution >= 4 is 27.1 Å². The fourth-order valence-corrected chi connectivity index (χ4v) is 3.66. The Hall–Kier alpha value is -2.96. The van der Waals surface area contributed by atoms with Crippen LogP contribution in [-0.4, -0.2) is 18.9 Å². The van der Waals surface area contributed by atoms with Gasteiger partial charge in [-0.05, 0) is 51.1 Å². The topological polar surface area (TPSA) is 125 Å². The molecule has 0 radical (unpaired) electrons. The summed E-state index contributed by atoms with van der Waals surface area (Å²) in [4.78, 5) is 10.5. The molecule has 0 heterocycles. The van der Waals surface area contributed by atoms with Gasteiger partial charge in [-0.15, -0.1) is 0 Å². The molecule has 0 saturated heterocycles. The number of anilines is 2. The summed E-state index contributed by atoms with van der Waals surface area (Å²) >= 11 is 0. The first-order chi connectivity index (χ1) is 12.0. The molecule has 0 aliphatic heterocycles. The van der Waals surface area contributed by atoms with Crippen molar-refractivity contribution in [3.8, 4) is 6.07 Å². The van der Waals surface area contributed by atoms with Crippen LogP contribution in [0.25, 0.3) is 0 Å². The summed E-state index contributed by atoms with van der Waals surface area (Å²) in [7, 11) is -3.90. The van der Waals surface area contributed by atoms with E-state index >= 15 is 0 Å². The summed E-state index contributed by atoms with van der Waals surface area (Å²) in [6, 6.07) is 12.0. The van der Waals surface area contributed by atoms with E-state index in [-0.39, 0.29) is 16.3 Å². The molecule has 0 aromatic heterocycles. The van der Waals surface area contributed by atoms with Gasteiger partial charge in [0.15, 0.2) is 0 Å². The molecular weight excluding hydrogens is 356 g/mol. The van der Waals surface area contributed by atoms with Crippen LogP contribution < -0.4 is 10.0 Å². The Balaban J connectivity index is 2.44. The van der Waals surface area contributed by atoms with E-state index in [0.717, 1.165) is 6.07 Å². The van der Waals surface area contributed by atoms with Crippen molar-refractivity contribution in [1.82, 2.24) is 4.72 Å². The normalized spacial score (nSPS) is 11.6. The highest BCUT2D eigenvalue weighted by Crippen LogP contribution is 2.30. The van der Waals surface area contributed by atoms with Crippen LogP contribution in [0.4, 0.5) is 17.1 Å². The second-order valence-corrected chi connectivity index (χ2v) is 8.29. The molecule has 0 fully saturated rings. The summed E-state index contributed by atoms with van der Waals surface area (Å²) in [5.74, 6) is 0. The number of hydrogen-bond donors (Lipinski definition) is 2. The lowest BCUT2D eigenvalue weighted by atomic mass is 10.1. The number of nitro benzene ring substituents is 1. The zero-order valence-electron chi connectivity index (χ0n) is 14.5. The van der Waals surface area contributed by atoms with Gasteiger partial charge in [-0.1, -0.05) is 6.07 Å². The average Bonchev–Trinajstić information content (AvgIpc) is 2.52. The minimum Gasteiger partial charge on any atom is -0.350 e. The maximum atomic E-state index is 12.4. The van der Waals surface area contributed by atoms with Crippen molar-refractivity contribution < 1.29 is 13.3 Å². The van der Waals surface area contributed by atoms with Crippen LogP contribution in [0.5, 0.6) is 0 Å². The molecule has 0 atom stereocenters. The Kier molecular flexibility index (Phi) is 5.30. The number of nitro groups is 1. The molecule has 0 bridgehead atoms. The molecule has 0 saturated carbocycles. The van der Waals surface area contributed by atoms with Crippen LogP contribution >= 0.6 is 0 Å². The number of rotatable bonds is 5. The highest BCUT2D eigenvalue weighted by atomic mass is 32.2. The molecule has 2 N–H and O–H groups in total. The molecule has 2 aromatic rings. The van der Waals surface area contributed by atoms with Crippen LogP contribution in [0.15, 0.2) is 47.4 Å². The van der Waals surface area contributed by atoms with E-state index in [1.54, 1.807) is 39.0 Å². The van der Waals surface area contributed by atoms with Gasteiger partial charge in [0.05, 0.1) is 21.5 Å². The van der Waals surface area contributed by atoms with Gasteiger partial charge < -0.3 is 5.32 Å².